The van der Waals surface area contributed by atoms with Crippen molar-refractivity contribution < 1.29 is 4.79 Å². The lowest BCUT2D eigenvalue weighted by Gasteiger charge is -2.28. The SMILES string of the molecule is O=Cc1ccc(-c2ccccc2C2CCC2)c(Cl)c1. The van der Waals surface area contributed by atoms with Gasteiger partial charge in [-0.1, -0.05) is 54.4 Å². The van der Waals surface area contributed by atoms with Gasteiger partial charge in [-0.15, -0.1) is 0 Å². The standard InChI is InChI=1S/C17H15ClO/c18-17-10-12(11-19)8-9-16(17)15-7-2-1-6-14(15)13-4-3-5-13/h1-2,6-11,13H,3-5H2. The molecular formula is C17H15ClO. The summed E-state index contributed by atoms with van der Waals surface area (Å²) in [5.41, 5.74) is 4.23. The predicted octanol–water partition coefficient (Wildman–Crippen LogP) is 5.09. The zero-order valence-corrected chi connectivity index (χ0v) is 11.4. The molecule has 0 aliphatic heterocycles. The molecular weight excluding hydrogens is 256 g/mol. The molecule has 0 aromatic heterocycles. The highest BCUT2D eigenvalue weighted by Gasteiger charge is 2.22. The molecule has 0 radical (unpaired) electrons. The molecule has 1 saturated carbocycles. The summed E-state index contributed by atoms with van der Waals surface area (Å²) in [4.78, 5) is 10.8. The van der Waals surface area contributed by atoms with Crippen molar-refractivity contribution in [1.82, 2.24) is 0 Å². The molecule has 0 spiro atoms. The van der Waals surface area contributed by atoms with Gasteiger partial charge in [0, 0.05) is 16.1 Å². The number of hydrogen-bond acceptors (Lipinski definition) is 1. The second kappa shape index (κ2) is 5.18. The Morgan fingerprint density at radius 1 is 1.05 bits per heavy atom. The van der Waals surface area contributed by atoms with Gasteiger partial charge in [-0.3, -0.25) is 4.79 Å². The van der Waals surface area contributed by atoms with E-state index in [1.54, 1.807) is 6.07 Å². The molecule has 2 heteroatoms. The first-order valence-electron chi connectivity index (χ1n) is 6.63. The van der Waals surface area contributed by atoms with E-state index in [4.69, 9.17) is 11.6 Å². The Bertz CT molecular complexity index is 614. The van der Waals surface area contributed by atoms with Crippen molar-refractivity contribution in [2.45, 2.75) is 25.2 Å². The number of hydrogen-bond donors (Lipinski definition) is 0. The van der Waals surface area contributed by atoms with E-state index >= 15 is 0 Å². The lowest BCUT2D eigenvalue weighted by molar-refractivity contribution is 0.112. The van der Waals surface area contributed by atoms with Gasteiger partial charge in [-0.05, 0) is 36.0 Å². The van der Waals surface area contributed by atoms with E-state index in [1.165, 1.54) is 30.4 Å². The molecule has 0 heterocycles. The Labute approximate surface area is 118 Å². The van der Waals surface area contributed by atoms with Gasteiger partial charge >= 0.3 is 0 Å². The summed E-state index contributed by atoms with van der Waals surface area (Å²) in [5, 5.41) is 0.649. The van der Waals surface area contributed by atoms with Crippen LogP contribution in [0.4, 0.5) is 0 Å². The van der Waals surface area contributed by atoms with Crippen molar-refractivity contribution in [2.75, 3.05) is 0 Å². The van der Waals surface area contributed by atoms with Crippen LogP contribution in [0.5, 0.6) is 0 Å². The van der Waals surface area contributed by atoms with E-state index in [0.717, 1.165) is 11.8 Å². The van der Waals surface area contributed by atoms with Gasteiger partial charge in [0.25, 0.3) is 0 Å². The molecule has 1 fully saturated rings. The van der Waals surface area contributed by atoms with E-state index in [0.29, 0.717) is 16.5 Å². The fraction of sp³-hybridized carbons (Fsp3) is 0.235. The van der Waals surface area contributed by atoms with Crippen LogP contribution in [0.1, 0.15) is 41.1 Å². The van der Waals surface area contributed by atoms with Gasteiger partial charge in [0.2, 0.25) is 0 Å². The van der Waals surface area contributed by atoms with E-state index < -0.39 is 0 Å². The molecule has 3 rings (SSSR count). The van der Waals surface area contributed by atoms with Crippen molar-refractivity contribution in [2.24, 2.45) is 0 Å². The predicted molar refractivity (Wildman–Crippen MR) is 78.9 cm³/mol. The molecule has 1 nitrogen and oxygen atoms in total. The monoisotopic (exact) mass is 270 g/mol. The van der Waals surface area contributed by atoms with Crippen molar-refractivity contribution in [3.8, 4) is 11.1 Å². The van der Waals surface area contributed by atoms with Crippen LogP contribution < -0.4 is 0 Å². The van der Waals surface area contributed by atoms with Crippen LogP contribution >= 0.6 is 11.6 Å². The van der Waals surface area contributed by atoms with Crippen LogP contribution in [-0.4, -0.2) is 6.29 Å². The largest absolute Gasteiger partial charge is 0.298 e. The molecule has 0 amide bonds. The number of aldehydes is 1. The average Bonchev–Trinajstić information content (AvgIpc) is 2.37. The van der Waals surface area contributed by atoms with E-state index in [9.17, 15) is 4.79 Å². The number of benzene rings is 2. The van der Waals surface area contributed by atoms with Gasteiger partial charge in [-0.2, -0.15) is 0 Å². The van der Waals surface area contributed by atoms with Gasteiger partial charge in [0.15, 0.2) is 0 Å². The molecule has 0 N–H and O–H groups in total. The maximum Gasteiger partial charge on any atom is 0.150 e. The number of carbonyl (C=O) groups excluding carboxylic acids is 1. The topological polar surface area (TPSA) is 17.1 Å². The maximum absolute atomic E-state index is 10.8. The summed E-state index contributed by atoms with van der Waals surface area (Å²) < 4.78 is 0. The Balaban J connectivity index is 2.08. The smallest absolute Gasteiger partial charge is 0.150 e. The van der Waals surface area contributed by atoms with Crippen LogP contribution in [0.3, 0.4) is 0 Å². The fourth-order valence-electron chi connectivity index (χ4n) is 2.64. The average molecular weight is 271 g/mol. The summed E-state index contributed by atoms with van der Waals surface area (Å²) in [6.07, 6.45) is 4.67. The summed E-state index contributed by atoms with van der Waals surface area (Å²) in [7, 11) is 0. The minimum atomic E-state index is 0.620. The Hall–Kier alpha value is -1.60. The molecule has 1 aliphatic carbocycles. The quantitative estimate of drug-likeness (QED) is 0.710. The van der Waals surface area contributed by atoms with E-state index in [-0.39, 0.29) is 0 Å². The second-order valence-electron chi connectivity index (χ2n) is 5.07. The van der Waals surface area contributed by atoms with Gasteiger partial charge in [0.1, 0.15) is 6.29 Å². The molecule has 2 aromatic carbocycles. The maximum atomic E-state index is 10.8. The number of carbonyl (C=O) groups is 1. The molecule has 0 atom stereocenters. The van der Waals surface area contributed by atoms with Crippen LogP contribution in [0.15, 0.2) is 42.5 Å². The Kier molecular flexibility index (Phi) is 3.39. The van der Waals surface area contributed by atoms with Crippen molar-refractivity contribution in [1.29, 1.82) is 0 Å². The summed E-state index contributed by atoms with van der Waals surface area (Å²) in [5.74, 6) is 0.665. The van der Waals surface area contributed by atoms with Crippen LogP contribution in [0.2, 0.25) is 5.02 Å². The molecule has 2 aromatic rings. The zero-order chi connectivity index (χ0) is 13.2. The molecule has 19 heavy (non-hydrogen) atoms. The van der Waals surface area contributed by atoms with E-state index in [1.807, 2.05) is 18.2 Å². The van der Waals surface area contributed by atoms with Crippen molar-refractivity contribution in [3.63, 3.8) is 0 Å². The van der Waals surface area contributed by atoms with Gasteiger partial charge < -0.3 is 0 Å². The first-order chi connectivity index (χ1) is 9.29. The number of rotatable bonds is 3. The van der Waals surface area contributed by atoms with Crippen LogP contribution in [0.25, 0.3) is 11.1 Å². The highest BCUT2D eigenvalue weighted by Crippen LogP contribution is 2.42. The van der Waals surface area contributed by atoms with Gasteiger partial charge in [0.05, 0.1) is 0 Å². The first-order valence-corrected chi connectivity index (χ1v) is 7.01. The minimum Gasteiger partial charge on any atom is -0.298 e. The van der Waals surface area contributed by atoms with Crippen molar-refractivity contribution >= 4 is 17.9 Å². The minimum absolute atomic E-state index is 0.620. The lowest BCUT2D eigenvalue weighted by atomic mass is 9.77. The molecule has 96 valence electrons. The Morgan fingerprint density at radius 2 is 1.84 bits per heavy atom. The fourth-order valence-corrected chi connectivity index (χ4v) is 2.93. The molecule has 0 unspecified atom stereocenters. The zero-order valence-electron chi connectivity index (χ0n) is 10.6. The lowest BCUT2D eigenvalue weighted by Crippen LogP contribution is -2.09. The normalized spacial score (nSPS) is 15.0. The summed E-state index contributed by atoms with van der Waals surface area (Å²) in [6, 6.07) is 14.0. The molecule has 1 aliphatic rings. The summed E-state index contributed by atoms with van der Waals surface area (Å²) >= 11 is 6.32. The second-order valence-corrected chi connectivity index (χ2v) is 5.48. The highest BCUT2D eigenvalue weighted by molar-refractivity contribution is 6.33. The third-order valence-corrected chi connectivity index (χ3v) is 4.24. The number of halogens is 1. The van der Waals surface area contributed by atoms with Crippen LogP contribution in [-0.2, 0) is 0 Å². The third-order valence-electron chi connectivity index (χ3n) is 3.93. The summed E-state index contributed by atoms with van der Waals surface area (Å²) in [6.45, 7) is 0. The van der Waals surface area contributed by atoms with Crippen molar-refractivity contribution in [3.05, 3.63) is 58.6 Å². The van der Waals surface area contributed by atoms with Crippen LogP contribution in [0, 0.1) is 0 Å². The van der Waals surface area contributed by atoms with E-state index in [2.05, 4.69) is 18.2 Å². The molecule has 0 saturated heterocycles. The third kappa shape index (κ3) is 2.31. The Morgan fingerprint density at radius 3 is 2.47 bits per heavy atom. The first kappa shape index (κ1) is 12.4. The van der Waals surface area contributed by atoms with Gasteiger partial charge in [-0.25, -0.2) is 0 Å². The highest BCUT2D eigenvalue weighted by atomic mass is 35.5. The molecule has 0 bridgehead atoms.